The first kappa shape index (κ1) is 18.8. The average molecular weight is 320 g/mol. The molecule has 1 rings (SSSR count). The number of aliphatic hydroxyl groups is 3. The van der Waals surface area contributed by atoms with Crippen LogP contribution in [0.5, 0.6) is 0 Å². The molecule has 0 saturated carbocycles. The highest BCUT2D eigenvalue weighted by molar-refractivity contribution is 5.81. The predicted octanol–water partition coefficient (Wildman–Crippen LogP) is -2.45. The minimum absolute atomic E-state index is 0.269. The maximum atomic E-state index is 11.9. The number of rotatable bonds is 7. The number of nitrogens with one attached hydrogen (secondary N) is 1. The zero-order valence-corrected chi connectivity index (χ0v) is 12.4. The van der Waals surface area contributed by atoms with Crippen molar-refractivity contribution in [2.75, 3.05) is 6.54 Å². The lowest BCUT2D eigenvalue weighted by Crippen LogP contribution is -2.60. The highest BCUT2D eigenvalue weighted by atomic mass is 16.5. The van der Waals surface area contributed by atoms with E-state index in [1.807, 2.05) is 0 Å². The van der Waals surface area contributed by atoms with Gasteiger partial charge >= 0.3 is 5.97 Å². The van der Waals surface area contributed by atoms with E-state index in [0.717, 1.165) is 0 Å². The Balaban J connectivity index is 2.32. The summed E-state index contributed by atoms with van der Waals surface area (Å²) >= 11 is 0. The van der Waals surface area contributed by atoms with Crippen molar-refractivity contribution in [3.63, 3.8) is 0 Å². The summed E-state index contributed by atoms with van der Waals surface area (Å²) in [7, 11) is 0. The molecule has 0 aromatic rings. The first-order chi connectivity index (χ1) is 10.3. The molecule has 0 aliphatic carbocycles. The van der Waals surface area contributed by atoms with Crippen LogP contribution >= 0.6 is 0 Å². The van der Waals surface area contributed by atoms with Crippen molar-refractivity contribution in [3.05, 3.63) is 0 Å². The molecule has 22 heavy (non-hydrogen) atoms. The van der Waals surface area contributed by atoms with Crippen molar-refractivity contribution in [1.82, 2.24) is 5.32 Å². The van der Waals surface area contributed by atoms with E-state index < -0.39 is 48.4 Å². The third kappa shape index (κ3) is 4.89. The topological polar surface area (TPSA) is 162 Å². The molecule has 1 aliphatic heterocycles. The van der Waals surface area contributed by atoms with E-state index in [1.54, 1.807) is 0 Å². The molecule has 7 N–H and O–H groups in total. The monoisotopic (exact) mass is 320 g/mol. The molecular formula is C13H24N2O7. The van der Waals surface area contributed by atoms with Crippen molar-refractivity contribution >= 4 is 11.9 Å². The van der Waals surface area contributed by atoms with Crippen LogP contribution in [0, 0.1) is 0 Å². The molecule has 9 nitrogen and oxygen atoms in total. The van der Waals surface area contributed by atoms with Crippen molar-refractivity contribution < 1.29 is 34.8 Å². The zero-order chi connectivity index (χ0) is 16.9. The van der Waals surface area contributed by atoms with Gasteiger partial charge < -0.3 is 36.2 Å². The van der Waals surface area contributed by atoms with Gasteiger partial charge in [-0.3, -0.25) is 9.59 Å². The van der Waals surface area contributed by atoms with E-state index in [2.05, 4.69) is 5.32 Å². The number of carbonyl (C=O) groups is 2. The zero-order valence-electron chi connectivity index (χ0n) is 12.4. The van der Waals surface area contributed by atoms with Gasteiger partial charge in [0.15, 0.2) is 6.10 Å². The highest BCUT2D eigenvalue weighted by Crippen LogP contribution is 2.21. The van der Waals surface area contributed by atoms with Crippen LogP contribution in [0.1, 0.15) is 26.2 Å². The number of amides is 1. The second-order valence-corrected chi connectivity index (χ2v) is 5.47. The van der Waals surface area contributed by atoms with Crippen LogP contribution < -0.4 is 11.1 Å². The van der Waals surface area contributed by atoms with Gasteiger partial charge in [0.2, 0.25) is 0 Å². The quantitative estimate of drug-likeness (QED) is 0.282. The lowest BCUT2D eigenvalue weighted by atomic mass is 9.95. The maximum absolute atomic E-state index is 11.9. The molecule has 1 amide bonds. The Bertz CT molecular complexity index is 393. The molecule has 0 radical (unpaired) electrons. The first-order valence-corrected chi connectivity index (χ1v) is 7.21. The molecule has 6 atom stereocenters. The lowest BCUT2D eigenvalue weighted by molar-refractivity contribution is -0.216. The van der Waals surface area contributed by atoms with Gasteiger partial charge in [-0.25, -0.2) is 0 Å². The molecule has 1 saturated heterocycles. The van der Waals surface area contributed by atoms with Crippen LogP contribution in [0.25, 0.3) is 0 Å². The Morgan fingerprint density at radius 3 is 2.41 bits per heavy atom. The molecule has 1 heterocycles. The van der Waals surface area contributed by atoms with Gasteiger partial charge in [-0.2, -0.15) is 0 Å². The van der Waals surface area contributed by atoms with Gasteiger partial charge in [-0.15, -0.1) is 0 Å². The van der Waals surface area contributed by atoms with Gasteiger partial charge in [-0.1, -0.05) is 0 Å². The summed E-state index contributed by atoms with van der Waals surface area (Å²) in [5.41, 5.74) is 5.35. The van der Waals surface area contributed by atoms with Gasteiger partial charge in [-0.05, 0) is 26.2 Å². The summed E-state index contributed by atoms with van der Waals surface area (Å²) in [5, 5.41) is 40.1. The van der Waals surface area contributed by atoms with Gasteiger partial charge in [0.1, 0.15) is 24.4 Å². The Morgan fingerprint density at radius 1 is 1.18 bits per heavy atom. The van der Waals surface area contributed by atoms with Crippen LogP contribution in [0.15, 0.2) is 0 Å². The molecule has 0 aromatic carbocycles. The van der Waals surface area contributed by atoms with Crippen molar-refractivity contribution in [3.8, 4) is 0 Å². The molecule has 0 spiro atoms. The number of unbranched alkanes of at least 4 members (excludes halogenated alkanes) is 1. The van der Waals surface area contributed by atoms with Gasteiger partial charge in [0.25, 0.3) is 5.91 Å². The van der Waals surface area contributed by atoms with Crippen LogP contribution in [0.2, 0.25) is 0 Å². The van der Waals surface area contributed by atoms with E-state index in [-0.39, 0.29) is 6.54 Å². The van der Waals surface area contributed by atoms with Gasteiger partial charge in [0, 0.05) is 6.54 Å². The van der Waals surface area contributed by atoms with Crippen molar-refractivity contribution in [2.45, 2.75) is 62.7 Å². The van der Waals surface area contributed by atoms with Crippen LogP contribution in [-0.2, 0) is 14.3 Å². The van der Waals surface area contributed by atoms with E-state index in [1.165, 1.54) is 6.92 Å². The van der Waals surface area contributed by atoms with Crippen LogP contribution in [-0.4, -0.2) is 75.4 Å². The van der Waals surface area contributed by atoms with E-state index in [9.17, 15) is 24.9 Å². The fourth-order valence-corrected chi connectivity index (χ4v) is 2.19. The molecule has 0 bridgehead atoms. The summed E-state index contributed by atoms with van der Waals surface area (Å²) in [6.07, 6.45) is -4.89. The number of carbonyl (C=O) groups excluding carboxylic acids is 1. The number of aliphatic carboxylic acids is 1. The molecule has 1 fully saturated rings. The Hall–Kier alpha value is -1.26. The second kappa shape index (κ2) is 8.39. The summed E-state index contributed by atoms with van der Waals surface area (Å²) in [4.78, 5) is 22.4. The first-order valence-electron chi connectivity index (χ1n) is 7.21. The number of ether oxygens (including phenoxy) is 1. The van der Waals surface area contributed by atoms with E-state index >= 15 is 0 Å². The predicted molar refractivity (Wildman–Crippen MR) is 74.8 cm³/mol. The Morgan fingerprint density at radius 2 is 1.82 bits per heavy atom. The largest absolute Gasteiger partial charge is 0.480 e. The van der Waals surface area contributed by atoms with Crippen molar-refractivity contribution in [1.29, 1.82) is 0 Å². The SMILES string of the molecule is CC1OC(C(=O)NCCCCC(N)C(=O)O)[C@@H](O)[C@H](O)[C@H]1O. The third-order valence-electron chi connectivity index (χ3n) is 3.67. The van der Waals surface area contributed by atoms with E-state index in [4.69, 9.17) is 15.6 Å². The summed E-state index contributed by atoms with van der Waals surface area (Å²) in [5.74, 6) is -1.66. The number of carboxylic acid groups (broad SMARTS) is 1. The number of hydrogen-bond acceptors (Lipinski definition) is 7. The van der Waals surface area contributed by atoms with Crippen LogP contribution in [0.3, 0.4) is 0 Å². The number of nitrogens with two attached hydrogens (primary N) is 1. The standard InChI is InChI=1S/C13H24N2O7/c1-6-8(16)9(17)10(18)11(22-6)12(19)15-5-3-2-4-7(14)13(20)21/h6-11,16-18H,2-5,14H2,1H3,(H,15,19)(H,20,21)/t6?,7?,8-,9+,10-,11?/m0/s1. The highest BCUT2D eigenvalue weighted by Gasteiger charge is 2.44. The third-order valence-corrected chi connectivity index (χ3v) is 3.67. The van der Waals surface area contributed by atoms with E-state index in [0.29, 0.717) is 19.3 Å². The fraction of sp³-hybridized carbons (Fsp3) is 0.846. The number of hydrogen-bond donors (Lipinski definition) is 6. The van der Waals surface area contributed by atoms with Crippen LogP contribution in [0.4, 0.5) is 0 Å². The number of aliphatic hydroxyl groups excluding tert-OH is 3. The minimum Gasteiger partial charge on any atom is -0.480 e. The summed E-state index contributed by atoms with van der Waals surface area (Å²) in [6.45, 7) is 1.76. The maximum Gasteiger partial charge on any atom is 0.320 e. The normalized spacial score (nSPS) is 33.2. The molecule has 128 valence electrons. The summed E-state index contributed by atoms with van der Waals surface area (Å²) in [6, 6.07) is -0.920. The molecule has 3 unspecified atom stereocenters. The average Bonchev–Trinajstić information content (AvgIpc) is 2.47. The Labute approximate surface area is 128 Å². The Kier molecular flexibility index (Phi) is 7.17. The number of carboxylic acids is 1. The molecular weight excluding hydrogens is 296 g/mol. The molecule has 1 aliphatic rings. The lowest BCUT2D eigenvalue weighted by Gasteiger charge is -2.38. The minimum atomic E-state index is -1.51. The molecule has 0 aromatic heterocycles. The summed E-state index contributed by atoms with van der Waals surface area (Å²) < 4.78 is 5.20. The van der Waals surface area contributed by atoms with Crippen molar-refractivity contribution in [2.24, 2.45) is 5.73 Å². The molecule has 9 heteroatoms. The fourth-order valence-electron chi connectivity index (χ4n) is 2.19. The smallest absolute Gasteiger partial charge is 0.320 e. The second-order valence-electron chi connectivity index (χ2n) is 5.47. The van der Waals surface area contributed by atoms with Gasteiger partial charge in [0.05, 0.1) is 6.10 Å².